The van der Waals surface area contributed by atoms with Crippen LogP contribution >= 0.6 is 0 Å². The molecule has 2 heterocycles. The monoisotopic (exact) mass is 367 g/mol. The summed E-state index contributed by atoms with van der Waals surface area (Å²) >= 11 is 0. The molecule has 0 radical (unpaired) electrons. The van der Waals surface area contributed by atoms with E-state index in [1.165, 1.54) is 19.3 Å². The average molecular weight is 367 g/mol. The normalized spacial score (nSPS) is 24.2. The van der Waals surface area contributed by atoms with Crippen molar-refractivity contribution in [2.45, 2.75) is 51.7 Å². The summed E-state index contributed by atoms with van der Waals surface area (Å²) in [5.74, 6) is 0.714. The zero-order chi connectivity index (χ0) is 19.0. The first kappa shape index (κ1) is 18.2. The maximum atomic E-state index is 13.0. The highest BCUT2D eigenvalue weighted by Crippen LogP contribution is 2.31. The molecule has 1 saturated carbocycles. The molecule has 144 valence electrons. The molecule has 1 saturated heterocycles. The Hall–Kier alpha value is -2.18. The molecular weight excluding hydrogens is 338 g/mol. The summed E-state index contributed by atoms with van der Waals surface area (Å²) in [5.41, 5.74) is 10.8. The smallest absolute Gasteiger partial charge is 0.253 e. The second kappa shape index (κ2) is 7.44. The van der Waals surface area contributed by atoms with Gasteiger partial charge in [0.15, 0.2) is 0 Å². The van der Waals surface area contributed by atoms with E-state index in [4.69, 9.17) is 0 Å². The second-order valence-corrected chi connectivity index (χ2v) is 8.07. The van der Waals surface area contributed by atoms with Gasteiger partial charge in [-0.15, -0.1) is 0 Å². The standard InChI is InChI=1S/C21H29N5O/c1-14-10-15(2)26(24-14)12-16-6-4-7-17(11-16)21(27)25(3)13-20-18-8-5-9-19(18)22-23-20/h4,6-7,10-11,18-20,22-23H,5,8-9,12-13H2,1-3H3. The van der Waals surface area contributed by atoms with Gasteiger partial charge in [-0.25, -0.2) is 0 Å². The average Bonchev–Trinajstić information content (AvgIpc) is 3.33. The van der Waals surface area contributed by atoms with Gasteiger partial charge in [0.1, 0.15) is 0 Å². The van der Waals surface area contributed by atoms with Crippen molar-refractivity contribution >= 4 is 5.91 Å². The largest absolute Gasteiger partial charge is 0.340 e. The number of carbonyl (C=O) groups excluding carboxylic acids is 1. The van der Waals surface area contributed by atoms with Crippen molar-refractivity contribution in [3.8, 4) is 0 Å². The van der Waals surface area contributed by atoms with E-state index in [0.717, 1.165) is 29.1 Å². The minimum atomic E-state index is 0.0773. The van der Waals surface area contributed by atoms with Crippen LogP contribution in [0.5, 0.6) is 0 Å². The third kappa shape index (κ3) is 3.77. The highest BCUT2D eigenvalue weighted by molar-refractivity contribution is 5.94. The highest BCUT2D eigenvalue weighted by Gasteiger charge is 2.39. The summed E-state index contributed by atoms with van der Waals surface area (Å²) in [5, 5.41) is 4.52. The fourth-order valence-electron chi connectivity index (χ4n) is 4.56. The van der Waals surface area contributed by atoms with Gasteiger partial charge in [-0.1, -0.05) is 18.6 Å². The van der Waals surface area contributed by atoms with Crippen LogP contribution < -0.4 is 10.9 Å². The zero-order valence-electron chi connectivity index (χ0n) is 16.4. The van der Waals surface area contributed by atoms with E-state index in [-0.39, 0.29) is 5.91 Å². The van der Waals surface area contributed by atoms with Crippen molar-refractivity contribution in [2.75, 3.05) is 13.6 Å². The number of carbonyl (C=O) groups is 1. The molecule has 3 unspecified atom stereocenters. The van der Waals surface area contributed by atoms with E-state index in [2.05, 4.69) is 35.0 Å². The van der Waals surface area contributed by atoms with Gasteiger partial charge < -0.3 is 4.90 Å². The number of fused-ring (bicyclic) bond motifs is 1. The van der Waals surface area contributed by atoms with Gasteiger partial charge in [0.05, 0.1) is 12.2 Å². The third-order valence-corrected chi connectivity index (χ3v) is 5.97. The number of nitrogens with one attached hydrogen (secondary N) is 2. The molecule has 1 amide bonds. The Bertz CT molecular complexity index is 830. The summed E-state index contributed by atoms with van der Waals surface area (Å²) in [7, 11) is 1.90. The molecule has 0 bridgehead atoms. The fraction of sp³-hybridized carbons (Fsp3) is 0.524. The molecule has 3 atom stereocenters. The number of hydrogen-bond donors (Lipinski definition) is 2. The van der Waals surface area contributed by atoms with Crippen LogP contribution in [0, 0.1) is 19.8 Å². The minimum absolute atomic E-state index is 0.0773. The van der Waals surface area contributed by atoms with Gasteiger partial charge >= 0.3 is 0 Å². The van der Waals surface area contributed by atoms with Crippen molar-refractivity contribution in [3.63, 3.8) is 0 Å². The molecule has 2 aromatic rings. The predicted molar refractivity (Wildman–Crippen MR) is 105 cm³/mol. The lowest BCUT2D eigenvalue weighted by Gasteiger charge is -2.24. The fourth-order valence-corrected chi connectivity index (χ4v) is 4.56. The van der Waals surface area contributed by atoms with Gasteiger partial charge in [0.2, 0.25) is 0 Å². The molecule has 1 aromatic carbocycles. The van der Waals surface area contributed by atoms with Crippen LogP contribution in [0.1, 0.15) is 46.6 Å². The third-order valence-electron chi connectivity index (χ3n) is 5.97. The maximum absolute atomic E-state index is 13.0. The molecule has 2 aliphatic rings. The summed E-state index contributed by atoms with van der Waals surface area (Å²) in [6.45, 7) is 5.47. The molecule has 1 aliphatic carbocycles. The lowest BCUT2D eigenvalue weighted by atomic mass is 9.97. The summed E-state index contributed by atoms with van der Waals surface area (Å²) in [6, 6.07) is 10.9. The van der Waals surface area contributed by atoms with Gasteiger partial charge in [-0.05, 0) is 56.4 Å². The summed E-state index contributed by atoms with van der Waals surface area (Å²) in [6.07, 6.45) is 3.77. The number of hydrazine groups is 1. The molecule has 6 heteroatoms. The Balaban J connectivity index is 1.43. The lowest BCUT2D eigenvalue weighted by molar-refractivity contribution is 0.0775. The van der Waals surface area contributed by atoms with E-state index >= 15 is 0 Å². The Morgan fingerprint density at radius 3 is 2.89 bits per heavy atom. The van der Waals surface area contributed by atoms with E-state index in [1.54, 1.807) is 0 Å². The number of benzene rings is 1. The van der Waals surface area contributed by atoms with E-state index in [1.807, 2.05) is 41.8 Å². The Kier molecular flexibility index (Phi) is 5.02. The van der Waals surface area contributed by atoms with E-state index in [0.29, 0.717) is 24.5 Å². The molecular formula is C21H29N5O. The Morgan fingerprint density at radius 2 is 2.11 bits per heavy atom. The molecule has 6 nitrogen and oxygen atoms in total. The quantitative estimate of drug-likeness (QED) is 0.851. The highest BCUT2D eigenvalue weighted by atomic mass is 16.2. The van der Waals surface area contributed by atoms with Gasteiger partial charge in [0.25, 0.3) is 5.91 Å². The number of nitrogens with zero attached hydrogens (tertiary/aromatic N) is 3. The zero-order valence-corrected chi connectivity index (χ0v) is 16.4. The van der Waals surface area contributed by atoms with Crippen LogP contribution in [0.2, 0.25) is 0 Å². The first-order valence-electron chi connectivity index (χ1n) is 9.88. The number of likely N-dealkylation sites (N-methyl/N-ethyl adjacent to an activating group) is 1. The maximum Gasteiger partial charge on any atom is 0.253 e. The molecule has 0 spiro atoms. The van der Waals surface area contributed by atoms with Gasteiger partial charge in [-0.3, -0.25) is 20.3 Å². The first-order valence-corrected chi connectivity index (χ1v) is 9.88. The second-order valence-electron chi connectivity index (χ2n) is 8.07. The molecule has 1 aliphatic heterocycles. The number of hydrogen-bond acceptors (Lipinski definition) is 4. The van der Waals surface area contributed by atoms with Crippen molar-refractivity contribution in [3.05, 3.63) is 52.8 Å². The Labute approximate surface area is 160 Å². The first-order chi connectivity index (χ1) is 13.0. The number of aryl methyl sites for hydroxylation is 2. The minimum Gasteiger partial charge on any atom is -0.340 e. The number of amides is 1. The summed E-state index contributed by atoms with van der Waals surface area (Å²) < 4.78 is 1.98. The number of aromatic nitrogens is 2. The molecule has 2 fully saturated rings. The molecule has 27 heavy (non-hydrogen) atoms. The van der Waals surface area contributed by atoms with E-state index in [9.17, 15) is 4.79 Å². The summed E-state index contributed by atoms with van der Waals surface area (Å²) in [4.78, 5) is 14.8. The van der Waals surface area contributed by atoms with Crippen LogP contribution in [-0.2, 0) is 6.54 Å². The van der Waals surface area contributed by atoms with Crippen LogP contribution in [-0.4, -0.2) is 46.3 Å². The topological polar surface area (TPSA) is 62.2 Å². The Morgan fingerprint density at radius 1 is 1.26 bits per heavy atom. The number of rotatable bonds is 5. The van der Waals surface area contributed by atoms with Crippen LogP contribution in [0.25, 0.3) is 0 Å². The van der Waals surface area contributed by atoms with Crippen molar-refractivity contribution in [1.29, 1.82) is 0 Å². The predicted octanol–water partition coefficient (Wildman–Crippen LogP) is 2.27. The van der Waals surface area contributed by atoms with Crippen LogP contribution in [0.15, 0.2) is 30.3 Å². The van der Waals surface area contributed by atoms with Crippen LogP contribution in [0.4, 0.5) is 0 Å². The van der Waals surface area contributed by atoms with E-state index < -0.39 is 0 Å². The van der Waals surface area contributed by atoms with Crippen molar-refractivity contribution in [1.82, 2.24) is 25.5 Å². The molecule has 4 rings (SSSR count). The molecule has 1 aromatic heterocycles. The van der Waals surface area contributed by atoms with Gasteiger partial charge in [0, 0.05) is 36.9 Å². The van der Waals surface area contributed by atoms with Gasteiger partial charge in [-0.2, -0.15) is 5.10 Å². The SMILES string of the molecule is Cc1cc(C)n(Cc2cccc(C(=O)N(C)CC3NNC4CCCC43)c2)n1. The van der Waals surface area contributed by atoms with Crippen molar-refractivity contribution in [2.24, 2.45) is 5.92 Å². The lowest BCUT2D eigenvalue weighted by Crippen LogP contribution is -2.43. The van der Waals surface area contributed by atoms with Crippen molar-refractivity contribution < 1.29 is 4.79 Å². The van der Waals surface area contributed by atoms with Crippen LogP contribution in [0.3, 0.4) is 0 Å². The molecule has 2 N–H and O–H groups in total.